The Hall–Kier alpha value is -3.31. The number of nitrogens with zero attached hydrogens (tertiary/aromatic N) is 2. The van der Waals surface area contributed by atoms with Crippen LogP contribution >= 0.6 is 12.4 Å². The van der Waals surface area contributed by atoms with Crippen molar-refractivity contribution in [3.63, 3.8) is 0 Å². The number of aromatic nitrogens is 2. The molecule has 2 aliphatic rings. The zero-order chi connectivity index (χ0) is 26.0. The number of para-hydroxylation sites is 1. The summed E-state index contributed by atoms with van der Waals surface area (Å²) in [5.74, 6) is -1.64. The van der Waals surface area contributed by atoms with Gasteiger partial charge in [-0.2, -0.15) is 0 Å². The number of ether oxygens (including phenoxy) is 1. The molecule has 0 aliphatic carbocycles. The predicted octanol–water partition coefficient (Wildman–Crippen LogP) is 2.03. The lowest BCUT2D eigenvalue weighted by molar-refractivity contribution is -0.172. The van der Waals surface area contributed by atoms with Crippen LogP contribution in [0.5, 0.6) is 0 Å². The summed E-state index contributed by atoms with van der Waals surface area (Å²) < 4.78 is 6.72. The SMILES string of the molecule is CC[C@@]1(O)C(=O)OCc2c1cc1n(c2=O)Cc2cc3ccccc3nc2-1.Cl.NCCCCC(N)C(=O)O. The highest BCUT2D eigenvalue weighted by Gasteiger charge is 2.45. The van der Waals surface area contributed by atoms with Crippen LogP contribution in [0.15, 0.2) is 41.2 Å². The van der Waals surface area contributed by atoms with E-state index < -0.39 is 23.6 Å². The van der Waals surface area contributed by atoms with E-state index in [9.17, 15) is 19.5 Å². The average Bonchev–Trinajstić information content (AvgIpc) is 3.23. The number of aliphatic hydroxyl groups is 1. The monoisotopic (exact) mass is 530 g/mol. The number of pyridine rings is 2. The fraction of sp³-hybridized carbons (Fsp3) is 0.385. The zero-order valence-electron chi connectivity index (χ0n) is 20.5. The van der Waals surface area contributed by atoms with E-state index in [0.29, 0.717) is 36.3 Å². The van der Waals surface area contributed by atoms with Crippen molar-refractivity contribution in [2.24, 2.45) is 11.5 Å². The summed E-state index contributed by atoms with van der Waals surface area (Å²) in [7, 11) is 0. The Morgan fingerprint density at radius 2 is 1.97 bits per heavy atom. The lowest BCUT2D eigenvalue weighted by Gasteiger charge is -2.31. The zero-order valence-corrected chi connectivity index (χ0v) is 21.3. The highest BCUT2D eigenvalue weighted by molar-refractivity contribution is 5.86. The fourth-order valence-corrected chi connectivity index (χ4v) is 4.56. The molecule has 0 saturated carbocycles. The van der Waals surface area contributed by atoms with E-state index in [4.69, 9.17) is 26.3 Å². The maximum absolute atomic E-state index is 13.0. The van der Waals surface area contributed by atoms with Gasteiger partial charge in [-0.3, -0.25) is 9.59 Å². The highest BCUT2D eigenvalue weighted by atomic mass is 35.5. The summed E-state index contributed by atoms with van der Waals surface area (Å²) in [4.78, 5) is 40.0. The van der Waals surface area contributed by atoms with Gasteiger partial charge in [-0.1, -0.05) is 31.5 Å². The van der Waals surface area contributed by atoms with Gasteiger partial charge in [0.15, 0.2) is 5.60 Å². The van der Waals surface area contributed by atoms with Gasteiger partial charge < -0.3 is 31.0 Å². The van der Waals surface area contributed by atoms with E-state index >= 15 is 0 Å². The summed E-state index contributed by atoms with van der Waals surface area (Å²) in [6, 6.07) is 10.8. The molecule has 2 atom stereocenters. The number of carbonyl (C=O) groups excluding carboxylic acids is 1. The number of carboxylic acid groups (broad SMARTS) is 1. The van der Waals surface area contributed by atoms with Crippen molar-refractivity contribution in [1.82, 2.24) is 9.55 Å². The Morgan fingerprint density at radius 1 is 1.24 bits per heavy atom. The third-order valence-electron chi connectivity index (χ3n) is 6.70. The number of aliphatic carboxylic acids is 1. The number of benzene rings is 1. The number of cyclic esters (lactones) is 1. The van der Waals surface area contributed by atoms with Crippen LogP contribution in [0.2, 0.25) is 0 Å². The number of carbonyl (C=O) groups is 2. The van der Waals surface area contributed by atoms with Crippen molar-refractivity contribution < 1.29 is 24.5 Å². The molecule has 0 radical (unpaired) electrons. The highest BCUT2D eigenvalue weighted by Crippen LogP contribution is 2.38. The van der Waals surface area contributed by atoms with Crippen LogP contribution < -0.4 is 17.0 Å². The molecule has 1 unspecified atom stereocenters. The number of esters is 1. The van der Waals surface area contributed by atoms with Gasteiger partial charge in [-0.05, 0) is 44.0 Å². The summed E-state index contributed by atoms with van der Waals surface area (Å²) >= 11 is 0. The van der Waals surface area contributed by atoms with Gasteiger partial charge in [-0.25, -0.2) is 9.78 Å². The minimum Gasteiger partial charge on any atom is -0.480 e. The molecule has 4 heterocycles. The molecule has 10 nitrogen and oxygen atoms in total. The molecular formula is C26H31ClN4O6. The molecule has 0 bridgehead atoms. The first-order valence-corrected chi connectivity index (χ1v) is 12.0. The van der Waals surface area contributed by atoms with Gasteiger partial charge >= 0.3 is 11.9 Å². The van der Waals surface area contributed by atoms with Gasteiger partial charge in [-0.15, -0.1) is 12.4 Å². The lowest BCUT2D eigenvalue weighted by Crippen LogP contribution is -2.44. The van der Waals surface area contributed by atoms with Crippen molar-refractivity contribution in [1.29, 1.82) is 0 Å². The van der Waals surface area contributed by atoms with Gasteiger partial charge in [0, 0.05) is 16.5 Å². The predicted molar refractivity (Wildman–Crippen MR) is 140 cm³/mol. The Kier molecular flexibility index (Phi) is 8.70. The van der Waals surface area contributed by atoms with Crippen LogP contribution in [0.4, 0.5) is 0 Å². The van der Waals surface area contributed by atoms with E-state index in [1.165, 1.54) is 0 Å². The normalized spacial score (nSPS) is 17.9. The number of rotatable bonds is 6. The topological polar surface area (TPSA) is 171 Å². The van der Waals surface area contributed by atoms with Gasteiger partial charge in [0.1, 0.15) is 12.6 Å². The minimum atomic E-state index is -1.79. The number of fused-ring (bicyclic) bond motifs is 5. The van der Waals surface area contributed by atoms with Gasteiger partial charge in [0.2, 0.25) is 0 Å². The number of carboxylic acids is 1. The first-order valence-electron chi connectivity index (χ1n) is 12.0. The molecule has 0 fully saturated rings. The van der Waals surface area contributed by atoms with E-state index in [-0.39, 0.29) is 31.0 Å². The second-order valence-corrected chi connectivity index (χ2v) is 9.02. The minimum absolute atomic E-state index is 0. The van der Waals surface area contributed by atoms with E-state index in [0.717, 1.165) is 35.0 Å². The smallest absolute Gasteiger partial charge is 0.343 e. The number of halogens is 1. The Balaban J connectivity index is 0.000000298. The van der Waals surface area contributed by atoms with Crippen molar-refractivity contribution in [3.05, 3.63) is 63.4 Å². The van der Waals surface area contributed by atoms with Crippen molar-refractivity contribution in [2.75, 3.05) is 6.54 Å². The van der Waals surface area contributed by atoms with E-state index in [2.05, 4.69) is 0 Å². The van der Waals surface area contributed by atoms with E-state index in [1.54, 1.807) is 17.6 Å². The molecule has 37 heavy (non-hydrogen) atoms. The Labute approximate surface area is 219 Å². The molecule has 2 aromatic heterocycles. The molecule has 0 saturated heterocycles. The van der Waals surface area contributed by atoms with Crippen LogP contribution in [-0.2, 0) is 33.1 Å². The fourth-order valence-electron chi connectivity index (χ4n) is 4.56. The van der Waals surface area contributed by atoms with Crippen LogP contribution in [0, 0.1) is 0 Å². The van der Waals surface area contributed by atoms with Gasteiger partial charge in [0.25, 0.3) is 5.56 Å². The molecule has 3 aromatic rings. The number of nitrogens with two attached hydrogens (primary N) is 2. The molecule has 0 spiro atoms. The van der Waals surface area contributed by atoms with Crippen molar-refractivity contribution in [2.45, 2.75) is 57.4 Å². The molecule has 2 aliphatic heterocycles. The van der Waals surface area contributed by atoms with Crippen LogP contribution in [0.3, 0.4) is 0 Å². The molecule has 1 aromatic carbocycles. The standard InChI is InChI=1S/C20H16N2O4.C6H14N2O2.ClH/c1-2-20(25)14-8-16-17-12(7-11-5-3-4-6-15(11)21-17)9-22(16)18(23)13(14)10-26-19(20)24;7-4-2-1-3-5(8)6(9)10;/h3-8,25H,2,9-10H2,1H3;5H,1-4,7-8H2,(H,9,10);1H/t20-;;/m0../s1. The number of hydrogen-bond acceptors (Lipinski definition) is 8. The summed E-state index contributed by atoms with van der Waals surface area (Å²) in [6.07, 6.45) is 2.30. The largest absolute Gasteiger partial charge is 0.480 e. The number of hydrogen-bond donors (Lipinski definition) is 4. The third kappa shape index (κ3) is 5.24. The van der Waals surface area contributed by atoms with Crippen molar-refractivity contribution >= 4 is 35.2 Å². The summed E-state index contributed by atoms with van der Waals surface area (Å²) in [5, 5.41) is 20.2. The molecule has 198 valence electrons. The second-order valence-electron chi connectivity index (χ2n) is 9.02. The quantitative estimate of drug-likeness (QED) is 0.215. The maximum atomic E-state index is 13.0. The van der Waals surface area contributed by atoms with Crippen LogP contribution in [0.1, 0.15) is 49.3 Å². The first-order chi connectivity index (χ1) is 17.2. The van der Waals surface area contributed by atoms with E-state index in [1.807, 2.05) is 30.3 Å². The average molecular weight is 531 g/mol. The van der Waals surface area contributed by atoms with Gasteiger partial charge in [0.05, 0.1) is 29.0 Å². The molecular weight excluding hydrogens is 500 g/mol. The maximum Gasteiger partial charge on any atom is 0.343 e. The molecule has 11 heteroatoms. The first kappa shape index (κ1) is 28.3. The van der Waals surface area contributed by atoms with Crippen molar-refractivity contribution in [3.8, 4) is 11.4 Å². The van der Waals surface area contributed by atoms with Crippen LogP contribution in [-0.4, -0.2) is 44.3 Å². The molecule has 6 N–H and O–H groups in total. The summed E-state index contributed by atoms with van der Waals surface area (Å²) in [5.41, 5.74) is 12.2. The Morgan fingerprint density at radius 3 is 2.65 bits per heavy atom. The third-order valence-corrected chi connectivity index (χ3v) is 6.70. The lowest BCUT2D eigenvalue weighted by atomic mass is 9.86. The second kappa shape index (κ2) is 11.4. The Bertz CT molecular complexity index is 1390. The van der Waals surface area contributed by atoms with Crippen LogP contribution in [0.25, 0.3) is 22.3 Å². The summed E-state index contributed by atoms with van der Waals surface area (Å²) in [6.45, 7) is 2.61. The molecule has 5 rings (SSSR count). The molecule has 0 amide bonds. The number of unbranched alkanes of at least 4 members (excludes halogenated alkanes) is 1.